The summed E-state index contributed by atoms with van der Waals surface area (Å²) in [6.45, 7) is 8.62. The Labute approximate surface area is 221 Å². The molecule has 4 rings (SSSR count). The third kappa shape index (κ3) is 5.85. The third-order valence-electron chi connectivity index (χ3n) is 5.84. The topological polar surface area (TPSA) is 111 Å². The number of phenols is 1. The van der Waals surface area contributed by atoms with E-state index in [0.717, 1.165) is 24.2 Å². The van der Waals surface area contributed by atoms with Crippen molar-refractivity contribution in [1.29, 1.82) is 0 Å². The number of carbonyl (C=O) groups excluding carboxylic acids is 1. The number of benzene rings is 2. The molecule has 0 fully saturated rings. The third-order valence-corrected chi connectivity index (χ3v) is 6.77. The van der Waals surface area contributed by atoms with Gasteiger partial charge in [-0.3, -0.25) is 4.79 Å². The van der Waals surface area contributed by atoms with Crippen LogP contribution in [0.3, 0.4) is 0 Å². The highest BCUT2D eigenvalue weighted by Crippen LogP contribution is 2.40. The number of carbonyl (C=O) groups is 1. The number of phenolic OH excluding ortho intramolecular Hbond substituents is 1. The summed E-state index contributed by atoms with van der Waals surface area (Å²) in [5.41, 5.74) is 2.45. The molecule has 10 heteroatoms. The standard InChI is InChI=1S/C27H33N5O4S/c1-5-8-15-37-27-30-26-28-17(4)23(25(34)29-19-11-9-10-12-21(19)35-6-2)24(32(26)31-27)18-13-14-20(33)22(16-18)36-7-3/h9-14,16,24,33H,5-8,15H2,1-4H3,(H,29,34)(H,28,30,31). The lowest BCUT2D eigenvalue weighted by molar-refractivity contribution is -0.113. The van der Waals surface area contributed by atoms with Crippen LogP contribution in [0.25, 0.3) is 0 Å². The zero-order valence-electron chi connectivity index (χ0n) is 21.6. The van der Waals surface area contributed by atoms with Gasteiger partial charge in [0.15, 0.2) is 11.5 Å². The van der Waals surface area contributed by atoms with E-state index >= 15 is 0 Å². The number of amides is 1. The molecule has 1 aliphatic heterocycles. The zero-order valence-corrected chi connectivity index (χ0v) is 22.4. The van der Waals surface area contributed by atoms with Crippen LogP contribution in [0.5, 0.6) is 17.2 Å². The molecule has 0 bridgehead atoms. The second-order valence-electron chi connectivity index (χ2n) is 8.47. The number of rotatable bonds is 11. The Kier molecular flexibility index (Phi) is 8.60. The highest BCUT2D eigenvalue weighted by Gasteiger charge is 2.35. The monoisotopic (exact) mass is 523 g/mol. The molecule has 3 N–H and O–H groups in total. The summed E-state index contributed by atoms with van der Waals surface area (Å²) in [5, 5.41) is 22.0. The van der Waals surface area contributed by atoms with E-state index in [1.54, 1.807) is 40.7 Å². The van der Waals surface area contributed by atoms with Gasteiger partial charge in [0.1, 0.15) is 11.8 Å². The van der Waals surface area contributed by atoms with Crippen molar-refractivity contribution >= 4 is 29.3 Å². The van der Waals surface area contributed by atoms with Gasteiger partial charge in [0.2, 0.25) is 11.1 Å². The molecule has 2 aromatic carbocycles. The van der Waals surface area contributed by atoms with Gasteiger partial charge in [0.25, 0.3) is 5.91 Å². The van der Waals surface area contributed by atoms with Crippen LogP contribution < -0.4 is 20.1 Å². The van der Waals surface area contributed by atoms with Crippen molar-refractivity contribution < 1.29 is 19.4 Å². The van der Waals surface area contributed by atoms with Gasteiger partial charge < -0.3 is 25.2 Å². The van der Waals surface area contributed by atoms with E-state index in [0.29, 0.717) is 52.8 Å². The number of unbranched alkanes of at least 4 members (excludes halogenated alkanes) is 1. The molecule has 1 aromatic heterocycles. The van der Waals surface area contributed by atoms with Crippen LogP contribution in [-0.2, 0) is 4.79 Å². The van der Waals surface area contributed by atoms with Crippen molar-refractivity contribution in [2.24, 2.45) is 0 Å². The summed E-state index contributed by atoms with van der Waals surface area (Å²) in [5.74, 6) is 2.14. The van der Waals surface area contributed by atoms with Gasteiger partial charge in [-0.25, -0.2) is 4.68 Å². The lowest BCUT2D eigenvalue weighted by Gasteiger charge is -2.29. The predicted molar refractivity (Wildman–Crippen MR) is 146 cm³/mol. The van der Waals surface area contributed by atoms with Gasteiger partial charge >= 0.3 is 0 Å². The van der Waals surface area contributed by atoms with Gasteiger partial charge in [-0.15, -0.1) is 5.10 Å². The fraction of sp³-hybridized carbons (Fsp3) is 0.370. The highest BCUT2D eigenvalue weighted by atomic mass is 32.2. The molecule has 1 aliphatic rings. The maximum Gasteiger partial charge on any atom is 0.255 e. The average molecular weight is 524 g/mol. The molecule has 9 nitrogen and oxygen atoms in total. The van der Waals surface area contributed by atoms with Crippen LogP contribution in [0.4, 0.5) is 11.6 Å². The Hall–Kier alpha value is -3.66. The molecule has 0 saturated heterocycles. The molecular formula is C27H33N5O4S. The van der Waals surface area contributed by atoms with Gasteiger partial charge in [0.05, 0.1) is 24.5 Å². The van der Waals surface area contributed by atoms with Crippen LogP contribution in [0.2, 0.25) is 0 Å². The van der Waals surface area contributed by atoms with Crippen molar-refractivity contribution in [3.63, 3.8) is 0 Å². The molecule has 0 saturated carbocycles. The van der Waals surface area contributed by atoms with E-state index in [1.807, 2.05) is 39.0 Å². The van der Waals surface area contributed by atoms with Crippen molar-refractivity contribution in [2.45, 2.75) is 51.7 Å². The number of anilines is 2. The molecular weight excluding hydrogens is 490 g/mol. The first-order valence-electron chi connectivity index (χ1n) is 12.5. The van der Waals surface area contributed by atoms with E-state index in [9.17, 15) is 9.90 Å². The Bertz CT molecular complexity index is 1290. The van der Waals surface area contributed by atoms with Crippen molar-refractivity contribution in [2.75, 3.05) is 29.6 Å². The summed E-state index contributed by atoms with van der Waals surface area (Å²) in [7, 11) is 0. The second-order valence-corrected chi connectivity index (χ2v) is 9.54. The molecule has 1 atom stereocenters. The molecule has 0 aliphatic carbocycles. The fourth-order valence-corrected chi connectivity index (χ4v) is 5.03. The summed E-state index contributed by atoms with van der Waals surface area (Å²) < 4.78 is 13.1. The largest absolute Gasteiger partial charge is 0.504 e. The van der Waals surface area contributed by atoms with E-state index in [2.05, 4.69) is 22.5 Å². The molecule has 3 aromatic rings. The second kappa shape index (κ2) is 12.1. The van der Waals surface area contributed by atoms with Crippen molar-refractivity contribution in [3.8, 4) is 17.2 Å². The quantitative estimate of drug-likeness (QED) is 0.220. The summed E-state index contributed by atoms with van der Waals surface area (Å²) in [4.78, 5) is 18.5. The van der Waals surface area contributed by atoms with Crippen LogP contribution in [0, 0.1) is 0 Å². The summed E-state index contributed by atoms with van der Waals surface area (Å²) >= 11 is 1.59. The first kappa shape index (κ1) is 26.4. The molecule has 0 radical (unpaired) electrons. The zero-order chi connectivity index (χ0) is 26.4. The minimum absolute atomic E-state index is 0.0338. The number of nitrogens with zero attached hydrogens (tertiary/aromatic N) is 3. The number of hydrogen-bond acceptors (Lipinski definition) is 8. The molecule has 1 unspecified atom stereocenters. The van der Waals surface area contributed by atoms with E-state index in [-0.39, 0.29) is 11.7 Å². The van der Waals surface area contributed by atoms with Gasteiger partial charge in [0, 0.05) is 11.4 Å². The fourth-order valence-electron chi connectivity index (χ4n) is 4.12. The predicted octanol–water partition coefficient (Wildman–Crippen LogP) is 5.60. The van der Waals surface area contributed by atoms with Crippen LogP contribution in [0.15, 0.2) is 58.9 Å². The number of allylic oxidation sites excluding steroid dienone is 1. The first-order valence-corrected chi connectivity index (χ1v) is 13.5. The van der Waals surface area contributed by atoms with E-state index in [1.165, 1.54) is 0 Å². The van der Waals surface area contributed by atoms with E-state index in [4.69, 9.17) is 14.6 Å². The van der Waals surface area contributed by atoms with Crippen LogP contribution >= 0.6 is 11.8 Å². The number of para-hydroxylation sites is 2. The Morgan fingerprint density at radius 3 is 2.65 bits per heavy atom. The lowest BCUT2D eigenvalue weighted by atomic mass is 9.94. The van der Waals surface area contributed by atoms with Crippen LogP contribution in [0.1, 0.15) is 52.1 Å². The minimum Gasteiger partial charge on any atom is -0.504 e. The normalized spacial score (nSPS) is 14.6. The van der Waals surface area contributed by atoms with Gasteiger partial charge in [-0.05, 0) is 57.0 Å². The van der Waals surface area contributed by atoms with Crippen LogP contribution in [-0.4, -0.2) is 44.7 Å². The minimum atomic E-state index is -0.594. The average Bonchev–Trinajstić information content (AvgIpc) is 3.28. The highest BCUT2D eigenvalue weighted by molar-refractivity contribution is 7.99. The Morgan fingerprint density at radius 2 is 1.89 bits per heavy atom. The number of fused-ring (bicyclic) bond motifs is 1. The number of thioether (sulfide) groups is 1. The number of ether oxygens (including phenoxy) is 2. The SMILES string of the molecule is CCCCSc1nc2n(n1)C(c1ccc(O)c(OCC)c1)C(C(=O)Nc1ccccc1OCC)=C(C)N2. The maximum atomic E-state index is 13.8. The van der Waals surface area contributed by atoms with Crippen molar-refractivity contribution in [3.05, 3.63) is 59.3 Å². The van der Waals surface area contributed by atoms with E-state index < -0.39 is 6.04 Å². The molecule has 0 spiro atoms. The number of aromatic hydroxyl groups is 1. The molecule has 2 heterocycles. The number of hydrogen-bond donors (Lipinski definition) is 3. The summed E-state index contributed by atoms with van der Waals surface area (Å²) in [6, 6.07) is 11.8. The molecule has 37 heavy (non-hydrogen) atoms. The Balaban J connectivity index is 1.76. The molecule has 196 valence electrons. The smallest absolute Gasteiger partial charge is 0.255 e. The van der Waals surface area contributed by atoms with Gasteiger partial charge in [-0.1, -0.05) is 43.3 Å². The van der Waals surface area contributed by atoms with Gasteiger partial charge in [-0.2, -0.15) is 4.98 Å². The van der Waals surface area contributed by atoms with Crippen molar-refractivity contribution in [1.82, 2.24) is 14.8 Å². The first-order chi connectivity index (χ1) is 18.0. The lowest BCUT2D eigenvalue weighted by Crippen LogP contribution is -2.31. The number of nitrogens with one attached hydrogen (secondary N) is 2. The maximum absolute atomic E-state index is 13.8. The Morgan fingerprint density at radius 1 is 1.14 bits per heavy atom. The molecule has 1 amide bonds. The number of aromatic nitrogens is 3. The summed E-state index contributed by atoms with van der Waals surface area (Å²) in [6.07, 6.45) is 2.15.